The summed E-state index contributed by atoms with van der Waals surface area (Å²) in [6.45, 7) is 1.35. The van der Waals surface area contributed by atoms with Gasteiger partial charge in [-0.25, -0.2) is 4.68 Å². The molecule has 8 nitrogen and oxygen atoms in total. The highest BCUT2D eigenvalue weighted by Crippen LogP contribution is 2.22. The van der Waals surface area contributed by atoms with Gasteiger partial charge in [0.1, 0.15) is 18.0 Å². The fourth-order valence-corrected chi connectivity index (χ4v) is 2.19. The molecule has 132 valence electrons. The number of carbonyl (C=O) groups is 2. The van der Waals surface area contributed by atoms with Crippen molar-refractivity contribution in [1.82, 2.24) is 15.0 Å². The number of anilines is 2. The number of aromatic nitrogens is 3. The Balaban J connectivity index is 1.54. The van der Waals surface area contributed by atoms with Crippen LogP contribution >= 0.6 is 0 Å². The molecule has 2 N–H and O–H groups in total. The van der Waals surface area contributed by atoms with E-state index < -0.39 is 0 Å². The van der Waals surface area contributed by atoms with Crippen molar-refractivity contribution >= 4 is 23.3 Å². The van der Waals surface area contributed by atoms with Crippen LogP contribution < -0.4 is 15.4 Å². The molecule has 0 aliphatic rings. The van der Waals surface area contributed by atoms with E-state index in [2.05, 4.69) is 20.9 Å². The van der Waals surface area contributed by atoms with E-state index in [4.69, 9.17) is 4.74 Å². The van der Waals surface area contributed by atoms with Crippen molar-refractivity contribution in [1.29, 1.82) is 0 Å². The van der Waals surface area contributed by atoms with Crippen LogP contribution in [0.25, 0.3) is 0 Å². The van der Waals surface area contributed by atoms with Crippen LogP contribution in [0.4, 0.5) is 11.5 Å². The van der Waals surface area contributed by atoms with Crippen LogP contribution in [0.5, 0.6) is 11.5 Å². The smallest absolute Gasteiger partial charge is 0.246 e. The molecule has 8 heteroatoms. The molecule has 0 spiro atoms. The summed E-state index contributed by atoms with van der Waals surface area (Å²) >= 11 is 0. The van der Waals surface area contributed by atoms with Gasteiger partial charge in [0.05, 0.1) is 6.20 Å². The van der Waals surface area contributed by atoms with E-state index in [1.165, 1.54) is 17.8 Å². The maximum atomic E-state index is 12.1. The third-order valence-electron chi connectivity index (χ3n) is 3.27. The molecule has 3 rings (SSSR count). The molecular weight excluding hydrogens is 334 g/mol. The first-order chi connectivity index (χ1) is 12.6. The standard InChI is InChI=1S/C18H17N5O3/c1-13(24)19-17-11-23(22-21-17)12-18(25)20-14-7-9-16(10-8-14)26-15-5-3-2-4-6-15/h2-11H,12H2,1H3,(H,19,24)(H,20,25). The lowest BCUT2D eigenvalue weighted by Crippen LogP contribution is -2.19. The van der Waals surface area contributed by atoms with Crippen LogP contribution in [0.2, 0.25) is 0 Å². The minimum Gasteiger partial charge on any atom is -0.457 e. The Labute approximate surface area is 149 Å². The van der Waals surface area contributed by atoms with E-state index in [1.807, 2.05) is 30.3 Å². The second-order valence-corrected chi connectivity index (χ2v) is 5.47. The predicted octanol–water partition coefficient (Wildman–Crippen LogP) is 2.67. The second-order valence-electron chi connectivity index (χ2n) is 5.47. The number of carbonyl (C=O) groups excluding carboxylic acids is 2. The van der Waals surface area contributed by atoms with E-state index in [9.17, 15) is 9.59 Å². The Morgan fingerprint density at radius 1 is 1.00 bits per heavy atom. The Hall–Kier alpha value is -3.68. The minimum absolute atomic E-state index is 0.0190. The van der Waals surface area contributed by atoms with Crippen molar-refractivity contribution in [2.45, 2.75) is 13.5 Å². The summed E-state index contributed by atoms with van der Waals surface area (Å²) in [6.07, 6.45) is 1.48. The molecule has 2 amide bonds. The molecule has 0 saturated carbocycles. The Morgan fingerprint density at radius 2 is 1.69 bits per heavy atom. The number of rotatable bonds is 6. The zero-order valence-corrected chi connectivity index (χ0v) is 14.0. The summed E-state index contributed by atoms with van der Waals surface area (Å²) in [6, 6.07) is 16.5. The van der Waals surface area contributed by atoms with Crippen molar-refractivity contribution < 1.29 is 14.3 Å². The molecule has 1 heterocycles. The van der Waals surface area contributed by atoms with Crippen LogP contribution in [0.15, 0.2) is 60.8 Å². The Morgan fingerprint density at radius 3 is 2.38 bits per heavy atom. The number of para-hydroxylation sites is 1. The molecule has 2 aromatic carbocycles. The third-order valence-corrected chi connectivity index (χ3v) is 3.27. The van der Waals surface area contributed by atoms with Crippen molar-refractivity contribution in [3.05, 3.63) is 60.8 Å². The van der Waals surface area contributed by atoms with Gasteiger partial charge in [0.25, 0.3) is 0 Å². The van der Waals surface area contributed by atoms with E-state index in [0.29, 0.717) is 17.3 Å². The number of benzene rings is 2. The van der Waals surface area contributed by atoms with E-state index in [0.717, 1.165) is 5.75 Å². The number of ether oxygens (including phenoxy) is 1. The molecule has 0 atom stereocenters. The van der Waals surface area contributed by atoms with Crippen molar-refractivity contribution in [3.63, 3.8) is 0 Å². The molecule has 0 fully saturated rings. The maximum absolute atomic E-state index is 12.1. The summed E-state index contributed by atoms with van der Waals surface area (Å²) in [7, 11) is 0. The SMILES string of the molecule is CC(=O)Nc1cn(CC(=O)Nc2ccc(Oc3ccccc3)cc2)nn1. The van der Waals surface area contributed by atoms with Gasteiger partial charge in [-0.05, 0) is 36.4 Å². The molecule has 0 unspecified atom stereocenters. The zero-order valence-electron chi connectivity index (χ0n) is 14.0. The Bertz CT molecular complexity index is 891. The fourth-order valence-electron chi connectivity index (χ4n) is 2.19. The van der Waals surface area contributed by atoms with Gasteiger partial charge < -0.3 is 15.4 Å². The van der Waals surface area contributed by atoms with Crippen LogP contribution in [0.1, 0.15) is 6.92 Å². The first-order valence-electron chi connectivity index (χ1n) is 7.89. The quantitative estimate of drug-likeness (QED) is 0.711. The third kappa shape index (κ3) is 4.91. The maximum Gasteiger partial charge on any atom is 0.246 e. The lowest BCUT2D eigenvalue weighted by Gasteiger charge is -2.08. The van der Waals surface area contributed by atoms with Gasteiger partial charge >= 0.3 is 0 Å². The summed E-state index contributed by atoms with van der Waals surface area (Å²) in [5.74, 6) is 1.20. The normalized spacial score (nSPS) is 10.2. The van der Waals surface area contributed by atoms with Gasteiger partial charge in [0, 0.05) is 12.6 Å². The largest absolute Gasteiger partial charge is 0.457 e. The summed E-state index contributed by atoms with van der Waals surface area (Å²) in [5, 5.41) is 12.8. The molecule has 26 heavy (non-hydrogen) atoms. The molecule has 3 aromatic rings. The monoisotopic (exact) mass is 351 g/mol. The summed E-state index contributed by atoms with van der Waals surface area (Å²) in [4.78, 5) is 23.0. The number of nitrogens with one attached hydrogen (secondary N) is 2. The van der Waals surface area contributed by atoms with Gasteiger partial charge in [-0.15, -0.1) is 5.10 Å². The average molecular weight is 351 g/mol. The Kier molecular flexibility index (Phi) is 5.23. The van der Waals surface area contributed by atoms with Crippen molar-refractivity contribution in [3.8, 4) is 11.5 Å². The highest BCUT2D eigenvalue weighted by Gasteiger charge is 2.07. The minimum atomic E-state index is -0.263. The van der Waals surface area contributed by atoms with Gasteiger partial charge in [-0.1, -0.05) is 23.4 Å². The van der Waals surface area contributed by atoms with Crippen LogP contribution in [-0.2, 0) is 16.1 Å². The highest BCUT2D eigenvalue weighted by molar-refractivity contribution is 5.90. The number of hydrogen-bond acceptors (Lipinski definition) is 5. The lowest BCUT2D eigenvalue weighted by molar-refractivity contribution is -0.117. The second kappa shape index (κ2) is 7.93. The van der Waals surface area contributed by atoms with Crippen LogP contribution in [0.3, 0.4) is 0 Å². The average Bonchev–Trinajstić information content (AvgIpc) is 3.03. The lowest BCUT2D eigenvalue weighted by atomic mass is 10.3. The van der Waals surface area contributed by atoms with Crippen LogP contribution in [-0.4, -0.2) is 26.8 Å². The predicted molar refractivity (Wildman–Crippen MR) is 95.9 cm³/mol. The number of nitrogens with zero attached hydrogens (tertiary/aromatic N) is 3. The molecule has 0 radical (unpaired) electrons. The zero-order chi connectivity index (χ0) is 18.4. The van der Waals surface area contributed by atoms with Crippen LogP contribution in [0, 0.1) is 0 Å². The van der Waals surface area contributed by atoms with Gasteiger partial charge in [-0.3, -0.25) is 9.59 Å². The summed E-state index contributed by atoms with van der Waals surface area (Å²) in [5.41, 5.74) is 0.637. The molecule has 0 saturated heterocycles. The van der Waals surface area contributed by atoms with E-state index in [-0.39, 0.29) is 18.4 Å². The molecule has 0 bridgehead atoms. The van der Waals surface area contributed by atoms with E-state index in [1.54, 1.807) is 24.3 Å². The highest BCUT2D eigenvalue weighted by atomic mass is 16.5. The van der Waals surface area contributed by atoms with E-state index >= 15 is 0 Å². The van der Waals surface area contributed by atoms with Crippen molar-refractivity contribution in [2.24, 2.45) is 0 Å². The fraction of sp³-hybridized carbons (Fsp3) is 0.111. The topological polar surface area (TPSA) is 98.1 Å². The van der Waals surface area contributed by atoms with Crippen molar-refractivity contribution in [2.75, 3.05) is 10.6 Å². The molecule has 0 aliphatic heterocycles. The molecule has 1 aromatic heterocycles. The first kappa shape index (κ1) is 17.2. The van der Waals surface area contributed by atoms with Gasteiger partial charge in [0.2, 0.25) is 11.8 Å². The first-order valence-corrected chi connectivity index (χ1v) is 7.89. The van der Waals surface area contributed by atoms with Gasteiger partial charge in [-0.2, -0.15) is 0 Å². The van der Waals surface area contributed by atoms with Gasteiger partial charge in [0.15, 0.2) is 5.82 Å². The number of amides is 2. The molecular formula is C18H17N5O3. The molecule has 0 aliphatic carbocycles. The number of hydrogen-bond donors (Lipinski definition) is 2. The summed E-state index contributed by atoms with van der Waals surface area (Å²) < 4.78 is 7.04.